The smallest absolute Gasteiger partial charge is 0.0342 e. The molecular weight excluding hydrogens is 170 g/mol. The Labute approximate surface area is 87.5 Å². The molecule has 0 saturated carbocycles. The van der Waals surface area contributed by atoms with Crippen LogP contribution in [0.5, 0.6) is 0 Å². The predicted octanol–water partition coefficient (Wildman–Crippen LogP) is 3.84. The van der Waals surface area contributed by atoms with Crippen LogP contribution in [0, 0.1) is 12.8 Å². The van der Waals surface area contributed by atoms with Crippen molar-refractivity contribution in [3.8, 4) is 0 Å². The van der Waals surface area contributed by atoms with Gasteiger partial charge in [0.05, 0.1) is 0 Å². The van der Waals surface area contributed by atoms with E-state index in [1.165, 1.54) is 17.7 Å². The lowest BCUT2D eigenvalue weighted by molar-refractivity contribution is 0.494. The number of hydrogen-bond acceptors (Lipinski definition) is 1. The van der Waals surface area contributed by atoms with E-state index < -0.39 is 0 Å². The summed E-state index contributed by atoms with van der Waals surface area (Å²) in [6.45, 7) is 8.87. The van der Waals surface area contributed by atoms with Crippen LogP contribution in [0.3, 0.4) is 0 Å². The van der Waals surface area contributed by atoms with E-state index in [1.807, 2.05) is 0 Å². The fourth-order valence-electron chi connectivity index (χ4n) is 1.41. The summed E-state index contributed by atoms with van der Waals surface area (Å²) < 4.78 is 0. The monoisotopic (exact) mass is 191 g/mol. The Morgan fingerprint density at radius 1 is 1.14 bits per heavy atom. The van der Waals surface area contributed by atoms with Gasteiger partial charge in [-0.15, -0.1) is 0 Å². The Morgan fingerprint density at radius 2 is 1.71 bits per heavy atom. The molecule has 1 heteroatoms. The maximum atomic E-state index is 3.52. The first-order valence-electron chi connectivity index (χ1n) is 5.46. The first kappa shape index (κ1) is 11.1. The van der Waals surface area contributed by atoms with Gasteiger partial charge in [0.25, 0.3) is 0 Å². The average molecular weight is 191 g/mol. The lowest BCUT2D eigenvalue weighted by atomic mass is 10.0. The van der Waals surface area contributed by atoms with Gasteiger partial charge in [0, 0.05) is 11.7 Å². The predicted molar refractivity (Wildman–Crippen MR) is 63.7 cm³/mol. The fraction of sp³-hybridized carbons (Fsp3) is 0.538. The molecule has 2 atom stereocenters. The Morgan fingerprint density at radius 3 is 2.21 bits per heavy atom. The summed E-state index contributed by atoms with van der Waals surface area (Å²) in [6.07, 6.45) is 1.22. The van der Waals surface area contributed by atoms with Crippen LogP contribution in [-0.2, 0) is 0 Å². The first-order valence-corrected chi connectivity index (χ1v) is 5.46. The summed E-state index contributed by atoms with van der Waals surface area (Å²) in [7, 11) is 0. The molecule has 0 aromatic heterocycles. The van der Waals surface area contributed by atoms with Crippen LogP contribution >= 0.6 is 0 Å². The van der Waals surface area contributed by atoms with Crippen LogP contribution < -0.4 is 5.32 Å². The largest absolute Gasteiger partial charge is 0.382 e. The highest BCUT2D eigenvalue weighted by Crippen LogP contribution is 2.15. The Balaban J connectivity index is 2.56. The second-order valence-corrected chi connectivity index (χ2v) is 4.18. The zero-order valence-electron chi connectivity index (χ0n) is 9.67. The minimum atomic E-state index is 0.544. The molecule has 1 aromatic carbocycles. The number of hydrogen-bond donors (Lipinski definition) is 1. The van der Waals surface area contributed by atoms with Crippen LogP contribution in [0.2, 0.25) is 0 Å². The van der Waals surface area contributed by atoms with Crippen molar-refractivity contribution in [1.82, 2.24) is 0 Å². The Bertz CT molecular complexity index is 263. The van der Waals surface area contributed by atoms with Crippen LogP contribution in [0.15, 0.2) is 24.3 Å². The molecule has 1 aromatic rings. The van der Waals surface area contributed by atoms with Gasteiger partial charge in [-0.3, -0.25) is 0 Å². The molecule has 0 bridgehead atoms. The molecule has 0 aliphatic carbocycles. The highest BCUT2D eigenvalue weighted by Gasteiger charge is 2.08. The maximum Gasteiger partial charge on any atom is 0.0342 e. The van der Waals surface area contributed by atoms with Crippen LogP contribution in [0.4, 0.5) is 5.69 Å². The summed E-state index contributed by atoms with van der Waals surface area (Å²) in [6, 6.07) is 9.13. The number of rotatable bonds is 4. The first-order chi connectivity index (χ1) is 6.63. The normalized spacial score (nSPS) is 14.9. The van der Waals surface area contributed by atoms with E-state index in [1.54, 1.807) is 0 Å². The minimum Gasteiger partial charge on any atom is -0.382 e. The van der Waals surface area contributed by atoms with Crippen molar-refractivity contribution in [2.75, 3.05) is 5.32 Å². The topological polar surface area (TPSA) is 12.0 Å². The third-order valence-corrected chi connectivity index (χ3v) is 2.94. The van der Waals surface area contributed by atoms with Crippen molar-refractivity contribution in [2.24, 2.45) is 5.92 Å². The zero-order valence-corrected chi connectivity index (χ0v) is 9.67. The molecule has 0 fully saturated rings. The summed E-state index contributed by atoms with van der Waals surface area (Å²) in [4.78, 5) is 0. The van der Waals surface area contributed by atoms with Gasteiger partial charge in [-0.05, 0) is 31.9 Å². The van der Waals surface area contributed by atoms with Gasteiger partial charge in [-0.25, -0.2) is 0 Å². The van der Waals surface area contributed by atoms with Gasteiger partial charge < -0.3 is 5.32 Å². The standard InChI is InChI=1S/C13H21N/c1-5-11(3)12(4)14-13-8-6-10(2)7-9-13/h6-9,11-12,14H,5H2,1-4H3/t11-,12+/m0/s1. The maximum absolute atomic E-state index is 3.52. The van der Waals surface area contributed by atoms with E-state index in [-0.39, 0.29) is 0 Å². The van der Waals surface area contributed by atoms with Crippen molar-refractivity contribution in [3.63, 3.8) is 0 Å². The molecule has 1 nitrogen and oxygen atoms in total. The van der Waals surface area contributed by atoms with Crippen molar-refractivity contribution >= 4 is 5.69 Å². The zero-order chi connectivity index (χ0) is 10.6. The van der Waals surface area contributed by atoms with Gasteiger partial charge in [0.2, 0.25) is 0 Å². The van der Waals surface area contributed by atoms with Crippen LogP contribution in [0.1, 0.15) is 32.8 Å². The van der Waals surface area contributed by atoms with E-state index >= 15 is 0 Å². The van der Waals surface area contributed by atoms with Gasteiger partial charge in [-0.2, -0.15) is 0 Å². The molecule has 0 saturated heterocycles. The van der Waals surface area contributed by atoms with Crippen molar-refractivity contribution in [2.45, 2.75) is 40.2 Å². The van der Waals surface area contributed by atoms with Gasteiger partial charge in [-0.1, -0.05) is 38.0 Å². The Kier molecular flexibility index (Phi) is 3.99. The summed E-state index contributed by atoms with van der Waals surface area (Å²) in [5.74, 6) is 0.719. The van der Waals surface area contributed by atoms with Crippen LogP contribution in [-0.4, -0.2) is 6.04 Å². The minimum absolute atomic E-state index is 0.544. The molecule has 0 spiro atoms. The fourth-order valence-corrected chi connectivity index (χ4v) is 1.41. The number of benzene rings is 1. The van der Waals surface area contributed by atoms with Gasteiger partial charge in [0.1, 0.15) is 0 Å². The summed E-state index contributed by atoms with van der Waals surface area (Å²) in [5, 5.41) is 3.52. The van der Waals surface area contributed by atoms with Crippen molar-refractivity contribution in [3.05, 3.63) is 29.8 Å². The lowest BCUT2D eigenvalue weighted by Crippen LogP contribution is -2.23. The van der Waals surface area contributed by atoms with E-state index in [2.05, 4.69) is 57.3 Å². The molecule has 78 valence electrons. The second-order valence-electron chi connectivity index (χ2n) is 4.18. The number of nitrogens with one attached hydrogen (secondary N) is 1. The molecular formula is C13H21N. The van der Waals surface area contributed by atoms with E-state index in [0.717, 1.165) is 5.92 Å². The molecule has 0 heterocycles. The van der Waals surface area contributed by atoms with Crippen molar-refractivity contribution in [1.29, 1.82) is 0 Å². The molecule has 1 N–H and O–H groups in total. The summed E-state index contributed by atoms with van der Waals surface area (Å²) in [5.41, 5.74) is 2.54. The highest BCUT2D eigenvalue weighted by atomic mass is 14.9. The lowest BCUT2D eigenvalue weighted by Gasteiger charge is -2.21. The molecule has 0 amide bonds. The molecule has 1 rings (SSSR count). The molecule has 0 aliphatic rings. The van der Waals surface area contributed by atoms with Crippen molar-refractivity contribution < 1.29 is 0 Å². The van der Waals surface area contributed by atoms with Gasteiger partial charge in [0.15, 0.2) is 0 Å². The third kappa shape index (κ3) is 3.06. The molecule has 0 unspecified atom stereocenters. The summed E-state index contributed by atoms with van der Waals surface area (Å²) >= 11 is 0. The van der Waals surface area contributed by atoms with Crippen LogP contribution in [0.25, 0.3) is 0 Å². The van der Waals surface area contributed by atoms with E-state index in [4.69, 9.17) is 0 Å². The highest BCUT2D eigenvalue weighted by molar-refractivity contribution is 5.45. The van der Waals surface area contributed by atoms with Gasteiger partial charge >= 0.3 is 0 Å². The number of anilines is 1. The third-order valence-electron chi connectivity index (χ3n) is 2.94. The van der Waals surface area contributed by atoms with E-state index in [0.29, 0.717) is 6.04 Å². The SMILES string of the molecule is CC[C@H](C)[C@@H](C)Nc1ccc(C)cc1. The number of aryl methyl sites for hydroxylation is 1. The molecule has 0 aliphatic heterocycles. The second kappa shape index (κ2) is 5.04. The quantitative estimate of drug-likeness (QED) is 0.762. The average Bonchev–Trinajstić information content (AvgIpc) is 2.20. The molecule has 14 heavy (non-hydrogen) atoms. The Hall–Kier alpha value is -0.980. The molecule has 0 radical (unpaired) electrons. The van der Waals surface area contributed by atoms with E-state index in [9.17, 15) is 0 Å².